The molecule has 58 heavy (non-hydrogen) atoms. The number of carbonyl (C=O) groups is 1. The number of aromatic hydroxyl groups is 1. The standard InChI is InChI=1S/C48H42N6O3S/c1-3-15-43-49-44(33(2)58-40-30-28-39(55)29-31-40)45(47(56)57)53(43)32-34-24-26-35(27-25-34)41-22-13-14-23-42(41)46-50-51-52-54(46)48(36-16-7-4-8-17-36,37-18-9-5-10-19-37)38-20-11-6-12-21-38/h4-14,16-31,33,55H,3,15,32H2,1-2H3,(H,56,57). The summed E-state index contributed by atoms with van der Waals surface area (Å²) in [6.45, 7) is 4.40. The first kappa shape index (κ1) is 38.1. The summed E-state index contributed by atoms with van der Waals surface area (Å²) in [5.41, 5.74) is 6.62. The summed E-state index contributed by atoms with van der Waals surface area (Å²) in [5.74, 6) is 0.525. The zero-order valence-corrected chi connectivity index (χ0v) is 33.0. The predicted molar refractivity (Wildman–Crippen MR) is 228 cm³/mol. The number of aromatic carboxylic acids is 1. The topological polar surface area (TPSA) is 119 Å². The van der Waals surface area contributed by atoms with Crippen molar-refractivity contribution in [2.75, 3.05) is 0 Å². The quantitative estimate of drug-likeness (QED) is 0.0827. The molecule has 0 fully saturated rings. The van der Waals surface area contributed by atoms with Crippen LogP contribution in [0.1, 0.15) is 69.8 Å². The number of carboxylic acids is 1. The highest BCUT2D eigenvalue weighted by atomic mass is 32.2. The number of benzene rings is 6. The molecule has 2 heterocycles. The lowest BCUT2D eigenvalue weighted by Gasteiger charge is -2.36. The number of rotatable bonds is 14. The first-order valence-electron chi connectivity index (χ1n) is 19.3. The van der Waals surface area contributed by atoms with Gasteiger partial charge in [0, 0.05) is 23.4 Å². The van der Waals surface area contributed by atoms with E-state index in [1.807, 2.05) is 107 Å². The fraction of sp³-hybridized carbons (Fsp3) is 0.146. The minimum Gasteiger partial charge on any atom is -0.508 e. The van der Waals surface area contributed by atoms with Crippen LogP contribution in [0.15, 0.2) is 169 Å². The van der Waals surface area contributed by atoms with E-state index in [4.69, 9.17) is 15.3 Å². The van der Waals surface area contributed by atoms with Crippen LogP contribution in [-0.2, 0) is 18.5 Å². The van der Waals surface area contributed by atoms with E-state index in [9.17, 15) is 15.0 Å². The number of phenols is 1. The Morgan fingerprint density at radius 3 is 1.83 bits per heavy atom. The molecule has 0 aliphatic carbocycles. The van der Waals surface area contributed by atoms with Gasteiger partial charge in [0.1, 0.15) is 17.1 Å². The Morgan fingerprint density at radius 2 is 1.28 bits per heavy atom. The number of phenolic OH excluding ortho intramolecular Hbond substituents is 1. The highest BCUT2D eigenvalue weighted by Gasteiger charge is 2.42. The molecule has 0 saturated heterocycles. The molecule has 1 unspecified atom stereocenters. The number of tetrazole rings is 1. The molecular weight excluding hydrogens is 741 g/mol. The summed E-state index contributed by atoms with van der Waals surface area (Å²) < 4.78 is 3.79. The van der Waals surface area contributed by atoms with E-state index in [2.05, 4.69) is 72.8 Å². The molecule has 2 aromatic heterocycles. The van der Waals surface area contributed by atoms with Gasteiger partial charge in [-0.2, -0.15) is 0 Å². The normalized spacial score (nSPS) is 12.0. The molecule has 9 nitrogen and oxygen atoms in total. The van der Waals surface area contributed by atoms with Crippen molar-refractivity contribution in [3.05, 3.63) is 203 Å². The van der Waals surface area contributed by atoms with E-state index in [0.29, 0.717) is 24.5 Å². The second-order valence-electron chi connectivity index (χ2n) is 14.1. The van der Waals surface area contributed by atoms with Gasteiger partial charge in [0.25, 0.3) is 0 Å². The fourth-order valence-electron chi connectivity index (χ4n) is 7.79. The highest BCUT2D eigenvalue weighted by Crippen LogP contribution is 2.43. The highest BCUT2D eigenvalue weighted by molar-refractivity contribution is 7.99. The van der Waals surface area contributed by atoms with Crippen LogP contribution < -0.4 is 0 Å². The molecule has 2 N–H and O–H groups in total. The van der Waals surface area contributed by atoms with Crippen LogP contribution in [0.4, 0.5) is 0 Å². The Labute approximate surface area is 341 Å². The summed E-state index contributed by atoms with van der Waals surface area (Å²) in [5, 5.41) is 33.9. The summed E-state index contributed by atoms with van der Waals surface area (Å²) in [4.78, 5) is 18.7. The third-order valence-electron chi connectivity index (χ3n) is 10.4. The average Bonchev–Trinajstić information content (AvgIpc) is 3.89. The molecule has 0 amide bonds. The van der Waals surface area contributed by atoms with Gasteiger partial charge in [-0.3, -0.25) is 0 Å². The number of imidazole rings is 1. The van der Waals surface area contributed by atoms with Gasteiger partial charge in [0.15, 0.2) is 11.5 Å². The van der Waals surface area contributed by atoms with Crippen LogP contribution in [0, 0.1) is 0 Å². The van der Waals surface area contributed by atoms with Crippen molar-refractivity contribution in [3.8, 4) is 28.3 Å². The van der Waals surface area contributed by atoms with E-state index in [1.54, 1.807) is 12.1 Å². The van der Waals surface area contributed by atoms with E-state index in [1.165, 1.54) is 11.8 Å². The van der Waals surface area contributed by atoms with Gasteiger partial charge in [-0.05, 0) is 81.4 Å². The van der Waals surface area contributed by atoms with Crippen molar-refractivity contribution in [2.45, 2.75) is 48.9 Å². The maximum Gasteiger partial charge on any atom is 0.354 e. The van der Waals surface area contributed by atoms with Gasteiger partial charge in [-0.15, -0.1) is 16.9 Å². The van der Waals surface area contributed by atoms with Gasteiger partial charge >= 0.3 is 5.97 Å². The van der Waals surface area contributed by atoms with E-state index >= 15 is 0 Å². The van der Waals surface area contributed by atoms with Crippen LogP contribution in [-0.4, -0.2) is 45.9 Å². The number of carboxylic acid groups (broad SMARTS) is 1. The first-order valence-corrected chi connectivity index (χ1v) is 20.2. The molecule has 0 radical (unpaired) electrons. The second kappa shape index (κ2) is 16.8. The Hall–Kier alpha value is -6.78. The molecule has 8 rings (SSSR count). The van der Waals surface area contributed by atoms with Gasteiger partial charge in [-0.1, -0.05) is 146 Å². The van der Waals surface area contributed by atoms with Crippen LogP contribution in [0.2, 0.25) is 0 Å². The molecule has 0 aliphatic heterocycles. The molecule has 1 atom stereocenters. The monoisotopic (exact) mass is 782 g/mol. The molecule has 288 valence electrons. The van der Waals surface area contributed by atoms with Gasteiger partial charge in [0.05, 0.1) is 10.9 Å². The molecule has 8 aromatic rings. The van der Waals surface area contributed by atoms with Crippen molar-refractivity contribution < 1.29 is 15.0 Å². The lowest BCUT2D eigenvalue weighted by Crippen LogP contribution is -2.39. The van der Waals surface area contributed by atoms with Crippen molar-refractivity contribution in [3.63, 3.8) is 0 Å². The van der Waals surface area contributed by atoms with Crippen molar-refractivity contribution >= 4 is 17.7 Å². The molecule has 10 heteroatoms. The fourth-order valence-corrected chi connectivity index (χ4v) is 8.76. The molecular formula is C48H42N6O3S. The number of thioether (sulfide) groups is 1. The van der Waals surface area contributed by atoms with E-state index in [-0.39, 0.29) is 16.7 Å². The lowest BCUT2D eigenvalue weighted by atomic mass is 9.77. The van der Waals surface area contributed by atoms with Crippen molar-refractivity contribution in [1.82, 2.24) is 29.8 Å². The third-order valence-corrected chi connectivity index (χ3v) is 11.5. The Bertz CT molecular complexity index is 2530. The minimum atomic E-state index is -1.01. The number of nitrogens with zero attached hydrogens (tertiary/aromatic N) is 6. The largest absolute Gasteiger partial charge is 0.508 e. The number of hydrogen-bond acceptors (Lipinski definition) is 7. The predicted octanol–water partition coefficient (Wildman–Crippen LogP) is 10.3. The van der Waals surface area contributed by atoms with E-state index in [0.717, 1.165) is 56.1 Å². The first-order chi connectivity index (χ1) is 28.4. The Morgan fingerprint density at radius 1 is 0.724 bits per heavy atom. The Balaban J connectivity index is 1.18. The van der Waals surface area contributed by atoms with Crippen LogP contribution >= 0.6 is 11.8 Å². The summed E-state index contributed by atoms with van der Waals surface area (Å²) >= 11 is 1.52. The van der Waals surface area contributed by atoms with Crippen LogP contribution in [0.3, 0.4) is 0 Å². The van der Waals surface area contributed by atoms with Gasteiger partial charge in [-0.25, -0.2) is 14.5 Å². The number of hydrogen-bond donors (Lipinski definition) is 2. The zero-order valence-electron chi connectivity index (χ0n) is 32.2. The molecule has 0 aliphatic rings. The number of aromatic nitrogens is 6. The average molecular weight is 783 g/mol. The lowest BCUT2D eigenvalue weighted by molar-refractivity contribution is 0.0684. The summed E-state index contributed by atoms with van der Waals surface area (Å²) in [7, 11) is 0. The van der Waals surface area contributed by atoms with Gasteiger partial charge in [0.2, 0.25) is 0 Å². The summed E-state index contributed by atoms with van der Waals surface area (Å²) in [6.07, 6.45) is 1.47. The smallest absolute Gasteiger partial charge is 0.354 e. The number of aryl methyl sites for hydroxylation is 1. The SMILES string of the molecule is CCCc1nc(C(C)Sc2ccc(O)cc2)c(C(=O)O)n1Cc1ccc(-c2ccccc2-c2nnnn2C(c2ccccc2)(c2ccccc2)c2ccccc2)cc1. The minimum absolute atomic E-state index is 0.184. The van der Waals surface area contributed by atoms with Crippen molar-refractivity contribution in [1.29, 1.82) is 0 Å². The van der Waals surface area contributed by atoms with E-state index < -0.39 is 11.5 Å². The molecule has 6 aromatic carbocycles. The maximum absolute atomic E-state index is 12.9. The maximum atomic E-state index is 12.9. The molecule has 0 saturated carbocycles. The molecule has 0 spiro atoms. The molecule has 0 bridgehead atoms. The zero-order chi connectivity index (χ0) is 40.1. The second-order valence-corrected chi connectivity index (χ2v) is 15.5. The van der Waals surface area contributed by atoms with Crippen molar-refractivity contribution in [2.24, 2.45) is 0 Å². The third kappa shape index (κ3) is 7.30. The van der Waals surface area contributed by atoms with Crippen LogP contribution in [0.5, 0.6) is 5.75 Å². The van der Waals surface area contributed by atoms with Gasteiger partial charge < -0.3 is 14.8 Å². The Kier molecular flexibility index (Phi) is 11.0. The van der Waals surface area contributed by atoms with Crippen LogP contribution in [0.25, 0.3) is 22.5 Å². The summed E-state index contributed by atoms with van der Waals surface area (Å²) in [6, 6.07) is 54.3.